The molecule has 0 radical (unpaired) electrons. The van der Waals surface area contributed by atoms with Crippen molar-refractivity contribution in [2.45, 2.75) is 61.9 Å². The van der Waals surface area contributed by atoms with Crippen LogP contribution in [0, 0.1) is 0 Å². The van der Waals surface area contributed by atoms with E-state index >= 15 is 0 Å². The quantitative estimate of drug-likeness (QED) is 0.484. The number of sulfonamides is 1. The van der Waals surface area contributed by atoms with Crippen LogP contribution in [0.25, 0.3) is 0 Å². The summed E-state index contributed by atoms with van der Waals surface area (Å²) in [6.45, 7) is 1.49. The van der Waals surface area contributed by atoms with Crippen molar-refractivity contribution >= 4 is 21.9 Å². The van der Waals surface area contributed by atoms with Gasteiger partial charge in [-0.1, -0.05) is 36.8 Å². The number of amides is 1. The van der Waals surface area contributed by atoms with E-state index in [-0.39, 0.29) is 19.4 Å². The Labute approximate surface area is 206 Å². The van der Waals surface area contributed by atoms with Crippen molar-refractivity contribution in [3.05, 3.63) is 65.2 Å². The normalized spacial score (nSPS) is 18.9. The number of hydrogen-bond acceptors (Lipinski definition) is 5. The monoisotopic (exact) mass is 528 g/mol. The zero-order valence-corrected chi connectivity index (χ0v) is 20.2. The molecule has 8 nitrogen and oxygen atoms in total. The van der Waals surface area contributed by atoms with Crippen LogP contribution in [0.15, 0.2) is 53.4 Å². The topological polar surface area (TPSA) is 124 Å². The largest absolute Gasteiger partial charge is 0.480 e. The first-order chi connectivity index (χ1) is 16.8. The van der Waals surface area contributed by atoms with Crippen LogP contribution >= 0.6 is 0 Å². The molecule has 3 rings (SSSR count). The van der Waals surface area contributed by atoms with Crippen LogP contribution in [0.2, 0.25) is 0 Å². The van der Waals surface area contributed by atoms with E-state index in [1.165, 1.54) is 0 Å². The number of carbonyl (C=O) groups excluding carboxylic acids is 1. The molecule has 12 heteroatoms. The summed E-state index contributed by atoms with van der Waals surface area (Å²) in [5.41, 5.74) is 0.0747. The first-order valence-electron chi connectivity index (χ1n) is 11.3. The van der Waals surface area contributed by atoms with Crippen molar-refractivity contribution in [3.8, 4) is 0 Å². The molecule has 2 aromatic rings. The molecule has 1 heterocycles. The van der Waals surface area contributed by atoms with Gasteiger partial charge in [-0.05, 0) is 49.1 Å². The number of rotatable bonds is 8. The average molecular weight is 529 g/mol. The number of aliphatic carboxylic acids is 1. The number of alkyl halides is 3. The molecule has 3 unspecified atom stereocenters. The van der Waals surface area contributed by atoms with E-state index in [9.17, 15) is 41.4 Å². The molecular weight excluding hydrogens is 501 g/mol. The molecule has 0 aliphatic carbocycles. The summed E-state index contributed by atoms with van der Waals surface area (Å²) < 4.78 is 66.7. The van der Waals surface area contributed by atoms with E-state index in [1.54, 1.807) is 31.2 Å². The maximum absolute atomic E-state index is 13.2. The van der Waals surface area contributed by atoms with Crippen LogP contribution in [0.1, 0.15) is 49.0 Å². The fourth-order valence-electron chi connectivity index (χ4n) is 4.06. The third-order valence-electron chi connectivity index (χ3n) is 6.04. The van der Waals surface area contributed by atoms with Gasteiger partial charge in [-0.15, -0.1) is 0 Å². The molecule has 1 aliphatic heterocycles. The molecule has 0 spiro atoms. The van der Waals surface area contributed by atoms with Gasteiger partial charge in [-0.2, -0.15) is 17.5 Å². The summed E-state index contributed by atoms with van der Waals surface area (Å²) in [7, 11) is -4.47. The van der Waals surface area contributed by atoms with Crippen molar-refractivity contribution in [2.24, 2.45) is 0 Å². The van der Waals surface area contributed by atoms with Gasteiger partial charge in [0, 0.05) is 13.0 Å². The Morgan fingerprint density at radius 1 is 1.14 bits per heavy atom. The van der Waals surface area contributed by atoms with E-state index in [4.69, 9.17) is 0 Å². The maximum atomic E-state index is 13.2. The highest BCUT2D eigenvalue weighted by Gasteiger charge is 2.40. The van der Waals surface area contributed by atoms with Crippen molar-refractivity contribution in [1.29, 1.82) is 0 Å². The number of carboxylic acids is 1. The lowest BCUT2D eigenvalue weighted by atomic mass is 10.0. The predicted octanol–water partition coefficient (Wildman–Crippen LogP) is 3.11. The number of nitrogens with one attached hydrogen (secondary N) is 1. The van der Waals surface area contributed by atoms with Crippen LogP contribution in [-0.4, -0.2) is 53.4 Å². The SMILES string of the molecule is CC(O)c1ccc(CC(NC(=O)C2CCCCN2S(=O)(=O)c2cccc(C(F)(F)F)c2)C(=O)O)cc1. The molecule has 36 heavy (non-hydrogen) atoms. The lowest BCUT2D eigenvalue weighted by Gasteiger charge is -2.34. The molecule has 2 aromatic carbocycles. The first kappa shape index (κ1) is 27.6. The Morgan fingerprint density at radius 3 is 2.39 bits per heavy atom. The summed E-state index contributed by atoms with van der Waals surface area (Å²) >= 11 is 0. The number of aliphatic hydroxyl groups excluding tert-OH is 1. The fourth-order valence-corrected chi connectivity index (χ4v) is 5.76. The number of nitrogens with zero attached hydrogens (tertiary/aromatic N) is 1. The van der Waals surface area contributed by atoms with E-state index < -0.39 is 56.7 Å². The van der Waals surface area contributed by atoms with Gasteiger partial charge < -0.3 is 15.5 Å². The van der Waals surface area contributed by atoms with Gasteiger partial charge in [0.15, 0.2) is 0 Å². The number of carbonyl (C=O) groups is 2. The molecule has 3 N–H and O–H groups in total. The maximum Gasteiger partial charge on any atom is 0.416 e. The molecule has 0 bridgehead atoms. The summed E-state index contributed by atoms with van der Waals surface area (Å²) in [6, 6.07) is 7.16. The molecule has 1 amide bonds. The number of hydrogen-bond donors (Lipinski definition) is 3. The number of carboxylic acid groups (broad SMARTS) is 1. The highest BCUT2D eigenvalue weighted by Crippen LogP contribution is 2.32. The Bertz CT molecular complexity index is 1200. The molecule has 0 saturated carbocycles. The zero-order valence-electron chi connectivity index (χ0n) is 19.4. The molecule has 1 aliphatic rings. The Kier molecular flexibility index (Phi) is 8.42. The van der Waals surface area contributed by atoms with Crippen LogP contribution in [0.4, 0.5) is 13.2 Å². The molecule has 3 atom stereocenters. The lowest BCUT2D eigenvalue weighted by molar-refractivity contribution is -0.142. The lowest BCUT2D eigenvalue weighted by Crippen LogP contribution is -2.55. The molecule has 0 aromatic heterocycles. The van der Waals surface area contributed by atoms with Crippen molar-refractivity contribution in [3.63, 3.8) is 0 Å². The number of piperidine rings is 1. The number of benzene rings is 2. The summed E-state index contributed by atoms with van der Waals surface area (Å²) in [5, 5.41) is 21.6. The standard InChI is InChI=1S/C24H27F3N2O6S/c1-15(30)17-10-8-16(9-11-17)13-20(23(32)33)28-22(31)21-7-2-3-12-29(21)36(34,35)19-6-4-5-18(14-19)24(25,26)27/h4-6,8-11,14-15,20-21,30H,2-3,7,12-13H2,1H3,(H,28,31)(H,32,33). The second kappa shape index (κ2) is 11.0. The molecule has 1 fully saturated rings. The van der Waals surface area contributed by atoms with Gasteiger partial charge in [-0.3, -0.25) is 4.79 Å². The number of halogens is 3. The van der Waals surface area contributed by atoms with E-state index in [2.05, 4.69) is 5.32 Å². The summed E-state index contributed by atoms with van der Waals surface area (Å²) in [6.07, 6.45) is -4.55. The van der Waals surface area contributed by atoms with Gasteiger partial charge in [0.05, 0.1) is 16.6 Å². The second-order valence-electron chi connectivity index (χ2n) is 8.67. The Hall–Kier alpha value is -2.96. The van der Waals surface area contributed by atoms with Crippen LogP contribution < -0.4 is 5.32 Å². The van der Waals surface area contributed by atoms with E-state index in [0.717, 1.165) is 22.5 Å². The molecule has 1 saturated heterocycles. The Morgan fingerprint density at radius 2 is 1.81 bits per heavy atom. The van der Waals surface area contributed by atoms with Gasteiger partial charge in [0.25, 0.3) is 0 Å². The van der Waals surface area contributed by atoms with Gasteiger partial charge in [-0.25, -0.2) is 13.2 Å². The van der Waals surface area contributed by atoms with Gasteiger partial charge in [0.1, 0.15) is 12.1 Å². The minimum Gasteiger partial charge on any atom is -0.480 e. The Balaban J connectivity index is 1.81. The highest BCUT2D eigenvalue weighted by atomic mass is 32.2. The summed E-state index contributed by atoms with van der Waals surface area (Å²) in [5.74, 6) is -2.16. The van der Waals surface area contributed by atoms with Crippen LogP contribution in [-0.2, 0) is 32.2 Å². The smallest absolute Gasteiger partial charge is 0.416 e. The van der Waals surface area contributed by atoms with Crippen molar-refractivity contribution in [1.82, 2.24) is 9.62 Å². The molecule has 196 valence electrons. The second-order valence-corrected chi connectivity index (χ2v) is 10.6. The van der Waals surface area contributed by atoms with Gasteiger partial charge >= 0.3 is 12.1 Å². The fraction of sp³-hybridized carbons (Fsp3) is 0.417. The number of aliphatic hydroxyl groups is 1. The zero-order chi connectivity index (χ0) is 26.7. The van der Waals surface area contributed by atoms with Crippen LogP contribution in [0.5, 0.6) is 0 Å². The first-order valence-corrected chi connectivity index (χ1v) is 12.7. The van der Waals surface area contributed by atoms with Crippen molar-refractivity contribution < 1.29 is 41.4 Å². The van der Waals surface area contributed by atoms with Crippen molar-refractivity contribution in [2.75, 3.05) is 6.54 Å². The third kappa shape index (κ3) is 6.42. The average Bonchev–Trinajstić information content (AvgIpc) is 2.83. The minimum atomic E-state index is -4.74. The third-order valence-corrected chi connectivity index (χ3v) is 7.94. The highest BCUT2D eigenvalue weighted by molar-refractivity contribution is 7.89. The predicted molar refractivity (Wildman–Crippen MR) is 123 cm³/mol. The molecular formula is C24H27F3N2O6S. The summed E-state index contributed by atoms with van der Waals surface area (Å²) in [4.78, 5) is 24.3. The van der Waals surface area contributed by atoms with E-state index in [1.807, 2.05) is 0 Å². The van der Waals surface area contributed by atoms with E-state index in [0.29, 0.717) is 30.0 Å². The van der Waals surface area contributed by atoms with Crippen LogP contribution in [0.3, 0.4) is 0 Å². The van der Waals surface area contributed by atoms with Gasteiger partial charge in [0.2, 0.25) is 15.9 Å². The minimum absolute atomic E-state index is 0.0881.